The van der Waals surface area contributed by atoms with Crippen LogP contribution in [0, 0.1) is 0 Å². The van der Waals surface area contributed by atoms with Crippen molar-refractivity contribution in [2.24, 2.45) is 0 Å². The molecule has 10 heteroatoms. The molecule has 164 valence electrons. The molecule has 2 N–H and O–H groups in total. The zero-order valence-electron chi connectivity index (χ0n) is 16.7. The normalized spacial score (nSPS) is 30.1. The van der Waals surface area contributed by atoms with Crippen LogP contribution in [-0.2, 0) is 23.7 Å². The third-order valence-corrected chi connectivity index (χ3v) is 5.74. The van der Waals surface area contributed by atoms with E-state index in [1.165, 1.54) is 16.8 Å². The Bertz CT molecular complexity index is 929. The minimum Gasteiger partial charge on any atom is -0.463 e. The lowest BCUT2D eigenvalue weighted by atomic mass is 9.94. The summed E-state index contributed by atoms with van der Waals surface area (Å²) < 4.78 is 24.4. The van der Waals surface area contributed by atoms with Gasteiger partial charge in [0.05, 0.1) is 18.8 Å². The zero-order valence-corrected chi connectivity index (χ0v) is 16.7. The SMILES string of the molecule is CCOC(=O)/C=C/c1cn([C@@H]2O[C@H](CO)[C@H]3OC4(CCCCC4)O[C@H]32)c(=O)[nH]c1=O. The monoisotopic (exact) mass is 422 g/mol. The average Bonchev–Trinajstić information content (AvgIpc) is 3.23. The molecule has 1 aromatic heterocycles. The number of ether oxygens (including phenoxy) is 4. The van der Waals surface area contributed by atoms with Crippen LogP contribution in [0.3, 0.4) is 0 Å². The van der Waals surface area contributed by atoms with E-state index in [0.717, 1.165) is 38.2 Å². The van der Waals surface area contributed by atoms with Gasteiger partial charge in [0.25, 0.3) is 5.56 Å². The van der Waals surface area contributed by atoms with E-state index in [0.29, 0.717) is 0 Å². The van der Waals surface area contributed by atoms with E-state index < -0.39 is 47.5 Å². The molecule has 0 bridgehead atoms. The van der Waals surface area contributed by atoms with Crippen LogP contribution in [0.5, 0.6) is 0 Å². The van der Waals surface area contributed by atoms with Crippen molar-refractivity contribution in [1.82, 2.24) is 9.55 Å². The number of H-pyrrole nitrogens is 1. The van der Waals surface area contributed by atoms with Gasteiger partial charge in [0.2, 0.25) is 0 Å². The number of aromatic amines is 1. The predicted octanol–water partition coefficient (Wildman–Crippen LogP) is 0.447. The number of aromatic nitrogens is 2. The standard InChI is InChI=1S/C20H26N2O8/c1-2-27-14(24)7-6-12-10-22(19(26)21-17(12)25)18-16-15(13(11-23)28-18)29-20(30-16)8-4-3-5-9-20/h6-7,10,13,15-16,18,23H,2-5,8-9,11H2,1H3,(H,21,25,26)/b7-6+/t13-,15-,16-,18-/m1/s1. The Labute approximate surface area is 172 Å². The van der Waals surface area contributed by atoms with Crippen molar-refractivity contribution < 1.29 is 28.8 Å². The summed E-state index contributed by atoms with van der Waals surface area (Å²) in [6.07, 6.45) is 5.62. The quantitative estimate of drug-likeness (QED) is 0.517. The first-order valence-electron chi connectivity index (χ1n) is 10.3. The first-order valence-corrected chi connectivity index (χ1v) is 10.3. The van der Waals surface area contributed by atoms with Gasteiger partial charge in [-0.1, -0.05) is 6.42 Å². The summed E-state index contributed by atoms with van der Waals surface area (Å²) >= 11 is 0. The van der Waals surface area contributed by atoms with Crippen molar-refractivity contribution in [3.8, 4) is 0 Å². The van der Waals surface area contributed by atoms with E-state index in [1.807, 2.05) is 0 Å². The van der Waals surface area contributed by atoms with Gasteiger partial charge in [0.15, 0.2) is 12.0 Å². The number of hydrogen-bond donors (Lipinski definition) is 2. The molecule has 3 aliphatic rings. The molecule has 2 aliphatic heterocycles. The highest BCUT2D eigenvalue weighted by atomic mass is 16.8. The number of nitrogens with one attached hydrogen (secondary N) is 1. The van der Waals surface area contributed by atoms with Gasteiger partial charge in [-0.05, 0) is 25.8 Å². The number of hydrogen-bond acceptors (Lipinski definition) is 8. The summed E-state index contributed by atoms with van der Waals surface area (Å²) in [5.74, 6) is -1.32. The average molecular weight is 422 g/mol. The second-order valence-corrected chi connectivity index (χ2v) is 7.72. The Morgan fingerprint density at radius 1 is 1.30 bits per heavy atom. The van der Waals surface area contributed by atoms with Crippen LogP contribution in [0.15, 0.2) is 21.9 Å². The molecule has 3 fully saturated rings. The van der Waals surface area contributed by atoms with Crippen molar-refractivity contribution in [3.63, 3.8) is 0 Å². The third kappa shape index (κ3) is 3.87. The van der Waals surface area contributed by atoms with Crippen LogP contribution in [0.2, 0.25) is 0 Å². The van der Waals surface area contributed by atoms with Crippen LogP contribution in [0.25, 0.3) is 6.08 Å². The number of carbonyl (C=O) groups is 1. The molecule has 10 nitrogen and oxygen atoms in total. The Balaban J connectivity index is 1.64. The van der Waals surface area contributed by atoms with Crippen LogP contribution in [-0.4, -0.2) is 57.9 Å². The fourth-order valence-electron chi connectivity index (χ4n) is 4.35. The third-order valence-electron chi connectivity index (χ3n) is 5.74. The zero-order chi connectivity index (χ0) is 21.3. The molecule has 1 saturated carbocycles. The number of carbonyl (C=O) groups excluding carboxylic acids is 1. The summed E-state index contributed by atoms with van der Waals surface area (Å²) in [7, 11) is 0. The molecule has 0 radical (unpaired) electrons. The van der Waals surface area contributed by atoms with E-state index in [1.54, 1.807) is 6.92 Å². The Morgan fingerprint density at radius 3 is 2.73 bits per heavy atom. The molecule has 0 amide bonds. The van der Waals surface area contributed by atoms with Crippen molar-refractivity contribution in [2.75, 3.05) is 13.2 Å². The Kier molecular flexibility index (Phi) is 5.92. The van der Waals surface area contributed by atoms with Gasteiger partial charge in [-0.3, -0.25) is 14.3 Å². The molecule has 4 atom stereocenters. The van der Waals surface area contributed by atoms with Crippen molar-refractivity contribution >= 4 is 12.0 Å². The summed E-state index contributed by atoms with van der Waals surface area (Å²) in [6, 6.07) is 0. The number of fused-ring (bicyclic) bond motifs is 1. The van der Waals surface area contributed by atoms with Crippen LogP contribution < -0.4 is 11.2 Å². The first-order chi connectivity index (χ1) is 14.5. The van der Waals surface area contributed by atoms with Gasteiger partial charge < -0.3 is 24.1 Å². The molecule has 0 aromatic carbocycles. The topological polar surface area (TPSA) is 129 Å². The number of rotatable bonds is 5. The van der Waals surface area contributed by atoms with Crippen molar-refractivity contribution in [1.29, 1.82) is 0 Å². The maximum absolute atomic E-state index is 12.5. The lowest BCUT2D eigenvalue weighted by Gasteiger charge is -2.34. The Hall–Kier alpha value is -2.27. The summed E-state index contributed by atoms with van der Waals surface area (Å²) in [6.45, 7) is 1.59. The molecule has 2 saturated heterocycles. The summed E-state index contributed by atoms with van der Waals surface area (Å²) in [5, 5.41) is 9.76. The molecule has 1 spiro atoms. The van der Waals surface area contributed by atoms with E-state index >= 15 is 0 Å². The maximum Gasteiger partial charge on any atom is 0.330 e. The predicted molar refractivity (Wildman–Crippen MR) is 104 cm³/mol. The van der Waals surface area contributed by atoms with E-state index in [2.05, 4.69) is 4.98 Å². The first kappa shape index (κ1) is 21.0. The molecule has 4 rings (SSSR count). The molecule has 3 heterocycles. The fraction of sp³-hybridized carbons (Fsp3) is 0.650. The van der Waals surface area contributed by atoms with E-state index in [4.69, 9.17) is 18.9 Å². The molecule has 30 heavy (non-hydrogen) atoms. The molecular formula is C20H26N2O8. The smallest absolute Gasteiger partial charge is 0.330 e. The number of aliphatic hydroxyl groups excluding tert-OH is 1. The number of esters is 1. The molecule has 0 unspecified atom stereocenters. The number of aliphatic hydroxyl groups is 1. The second kappa shape index (κ2) is 8.46. The fourth-order valence-corrected chi connectivity index (χ4v) is 4.35. The Morgan fingerprint density at radius 2 is 2.03 bits per heavy atom. The van der Waals surface area contributed by atoms with Gasteiger partial charge >= 0.3 is 11.7 Å². The van der Waals surface area contributed by atoms with Crippen molar-refractivity contribution in [2.45, 2.75) is 69.4 Å². The largest absolute Gasteiger partial charge is 0.463 e. The highest BCUT2D eigenvalue weighted by Gasteiger charge is 2.58. The number of nitrogens with zero attached hydrogens (tertiary/aromatic N) is 1. The highest BCUT2D eigenvalue weighted by Crippen LogP contribution is 2.48. The molecular weight excluding hydrogens is 396 g/mol. The summed E-state index contributed by atoms with van der Waals surface area (Å²) in [5.41, 5.74) is -1.23. The van der Waals surface area contributed by atoms with Gasteiger partial charge in [0, 0.05) is 25.1 Å². The summed E-state index contributed by atoms with van der Waals surface area (Å²) in [4.78, 5) is 38.5. The van der Waals surface area contributed by atoms with E-state index in [9.17, 15) is 19.5 Å². The molecule has 1 aromatic rings. The molecule has 1 aliphatic carbocycles. The van der Waals surface area contributed by atoms with Gasteiger partial charge in [-0.2, -0.15) is 0 Å². The minimum atomic E-state index is -0.882. The maximum atomic E-state index is 12.5. The lowest BCUT2D eigenvalue weighted by Crippen LogP contribution is -2.39. The lowest BCUT2D eigenvalue weighted by molar-refractivity contribution is -0.233. The van der Waals surface area contributed by atoms with Crippen molar-refractivity contribution in [3.05, 3.63) is 38.7 Å². The highest BCUT2D eigenvalue weighted by molar-refractivity contribution is 5.86. The van der Waals surface area contributed by atoms with Gasteiger partial charge in [0.1, 0.15) is 18.3 Å². The van der Waals surface area contributed by atoms with E-state index in [-0.39, 0.29) is 18.8 Å². The van der Waals surface area contributed by atoms with Crippen LogP contribution in [0.1, 0.15) is 50.8 Å². The van der Waals surface area contributed by atoms with Gasteiger partial charge in [-0.15, -0.1) is 0 Å². The second-order valence-electron chi connectivity index (χ2n) is 7.72. The van der Waals surface area contributed by atoms with Crippen LogP contribution >= 0.6 is 0 Å². The van der Waals surface area contributed by atoms with Crippen LogP contribution in [0.4, 0.5) is 0 Å². The van der Waals surface area contributed by atoms with Gasteiger partial charge in [-0.25, -0.2) is 9.59 Å². The minimum absolute atomic E-state index is 0.0848.